The fraction of sp³-hybridized carbons (Fsp3) is 0.771. The van der Waals surface area contributed by atoms with Gasteiger partial charge in [0.15, 0.2) is 18.2 Å². The number of benzene rings is 1. The number of piperidine rings is 1. The molecule has 8 atom stereocenters. The first kappa shape index (κ1) is 32.9. The smallest absolute Gasteiger partial charge is 0.479 e. The highest BCUT2D eigenvalue weighted by atomic mass is 19.1. The molecule has 2 bridgehead atoms. The van der Waals surface area contributed by atoms with E-state index in [-0.39, 0.29) is 52.9 Å². The van der Waals surface area contributed by atoms with Crippen molar-refractivity contribution in [3.63, 3.8) is 0 Å². The Labute approximate surface area is 267 Å². The molecule has 2 heterocycles. The second kappa shape index (κ2) is 12.5. The van der Waals surface area contributed by atoms with E-state index in [9.17, 15) is 14.6 Å². The molecule has 3 aliphatic carbocycles. The van der Waals surface area contributed by atoms with Gasteiger partial charge in [0, 0.05) is 35.2 Å². The SMILES string of the molecule is CO[C@@H]1CC[C@@]23CC[C@H](C)[C@@](C)([C@H](OC(=O)COc4ccc5c(c4F)B(O)OC5)C[C@@](C)(CCN4CCCCC4)C(=O)[C@@H]2C)[C@@H]13. The van der Waals surface area contributed by atoms with Gasteiger partial charge < -0.3 is 28.8 Å². The number of carbonyl (C=O) groups is 2. The molecular formula is C35H51BFNO7. The fourth-order valence-electron chi connectivity index (χ4n) is 10.2. The molecule has 5 aliphatic rings. The molecule has 1 aromatic carbocycles. The van der Waals surface area contributed by atoms with Crippen LogP contribution in [0.25, 0.3) is 0 Å². The summed E-state index contributed by atoms with van der Waals surface area (Å²) in [5.41, 5.74) is -0.688. The van der Waals surface area contributed by atoms with Crippen molar-refractivity contribution in [2.45, 2.75) is 104 Å². The maximum absolute atomic E-state index is 15.2. The number of hydrogen-bond donors (Lipinski definition) is 1. The predicted octanol–water partition coefficient (Wildman–Crippen LogP) is 4.67. The number of fused-ring (bicyclic) bond motifs is 1. The Morgan fingerprint density at radius 1 is 1.16 bits per heavy atom. The minimum absolute atomic E-state index is 0.0164. The molecule has 10 heteroatoms. The Bertz CT molecular complexity index is 1290. The number of rotatable bonds is 8. The van der Waals surface area contributed by atoms with Gasteiger partial charge in [0.05, 0.1) is 12.7 Å². The number of halogens is 1. The van der Waals surface area contributed by atoms with E-state index < -0.39 is 42.4 Å². The van der Waals surface area contributed by atoms with E-state index in [0.29, 0.717) is 12.0 Å². The summed E-state index contributed by atoms with van der Waals surface area (Å²) in [6.45, 7) is 11.4. The van der Waals surface area contributed by atoms with Gasteiger partial charge in [0.1, 0.15) is 11.9 Å². The fourth-order valence-corrected chi connectivity index (χ4v) is 10.2. The van der Waals surface area contributed by atoms with Crippen molar-refractivity contribution in [1.29, 1.82) is 0 Å². The molecule has 1 N–H and O–H groups in total. The zero-order valence-electron chi connectivity index (χ0n) is 27.7. The van der Waals surface area contributed by atoms with Crippen LogP contribution >= 0.6 is 0 Å². The first-order valence-electron chi connectivity index (χ1n) is 17.2. The molecule has 0 unspecified atom stereocenters. The maximum atomic E-state index is 15.2. The number of hydrogen-bond acceptors (Lipinski definition) is 8. The number of carbonyl (C=O) groups excluding carboxylic acids is 2. The number of likely N-dealkylation sites (tertiary alicyclic amines) is 1. The number of Topliss-reactive ketones (excluding diaryl/α,β-unsaturated/α-hetero) is 1. The van der Waals surface area contributed by atoms with Gasteiger partial charge in [-0.3, -0.25) is 4.79 Å². The average molecular weight is 628 g/mol. The summed E-state index contributed by atoms with van der Waals surface area (Å²) in [7, 11) is 0.407. The third-order valence-corrected chi connectivity index (χ3v) is 13.1. The number of esters is 1. The molecular weight excluding hydrogens is 576 g/mol. The summed E-state index contributed by atoms with van der Waals surface area (Å²) in [6.07, 6.45) is 8.01. The molecule has 3 saturated carbocycles. The number of ether oxygens (including phenoxy) is 3. The van der Waals surface area contributed by atoms with Crippen LogP contribution in [-0.2, 0) is 30.3 Å². The molecule has 248 valence electrons. The molecule has 2 aliphatic heterocycles. The van der Waals surface area contributed by atoms with Crippen LogP contribution in [0.1, 0.15) is 91.0 Å². The molecule has 0 spiro atoms. The van der Waals surface area contributed by atoms with Gasteiger partial charge in [-0.15, -0.1) is 0 Å². The molecule has 6 rings (SSSR count). The lowest BCUT2D eigenvalue weighted by atomic mass is 9.43. The Kier molecular flexibility index (Phi) is 9.18. The zero-order valence-corrected chi connectivity index (χ0v) is 27.7. The largest absolute Gasteiger partial charge is 0.494 e. The minimum Gasteiger partial charge on any atom is -0.479 e. The Balaban J connectivity index is 1.30. The lowest BCUT2D eigenvalue weighted by Gasteiger charge is -2.62. The summed E-state index contributed by atoms with van der Waals surface area (Å²) in [6, 6.07) is 3.09. The molecule has 8 nitrogen and oxygen atoms in total. The van der Waals surface area contributed by atoms with Gasteiger partial charge in [-0.25, -0.2) is 9.18 Å². The minimum atomic E-state index is -1.36. The Hall–Kier alpha value is -2.01. The second-order valence-corrected chi connectivity index (χ2v) is 15.2. The first-order chi connectivity index (χ1) is 21.4. The van der Waals surface area contributed by atoms with Gasteiger partial charge in [-0.2, -0.15) is 0 Å². The molecule has 0 radical (unpaired) electrons. The van der Waals surface area contributed by atoms with Crippen molar-refractivity contribution >= 4 is 24.3 Å². The van der Waals surface area contributed by atoms with Crippen LogP contribution in [0.5, 0.6) is 5.75 Å². The van der Waals surface area contributed by atoms with Crippen LogP contribution in [0, 0.1) is 39.8 Å². The summed E-state index contributed by atoms with van der Waals surface area (Å²) in [4.78, 5) is 30.8. The van der Waals surface area contributed by atoms with Gasteiger partial charge in [0.25, 0.3) is 0 Å². The van der Waals surface area contributed by atoms with Crippen LogP contribution in [0.15, 0.2) is 12.1 Å². The molecule has 45 heavy (non-hydrogen) atoms. The zero-order chi connectivity index (χ0) is 32.1. The third kappa shape index (κ3) is 5.55. The van der Waals surface area contributed by atoms with Crippen LogP contribution in [0.2, 0.25) is 0 Å². The highest BCUT2D eigenvalue weighted by molar-refractivity contribution is 6.61. The van der Waals surface area contributed by atoms with Gasteiger partial charge in [-0.1, -0.05) is 40.2 Å². The third-order valence-electron chi connectivity index (χ3n) is 13.1. The van der Waals surface area contributed by atoms with E-state index in [1.54, 1.807) is 13.2 Å². The van der Waals surface area contributed by atoms with E-state index in [2.05, 4.69) is 32.6 Å². The normalized spacial score (nSPS) is 38.3. The highest BCUT2D eigenvalue weighted by Crippen LogP contribution is 2.69. The quantitative estimate of drug-likeness (QED) is 0.329. The maximum Gasteiger partial charge on any atom is 0.494 e. The van der Waals surface area contributed by atoms with Crippen molar-refractivity contribution in [3.8, 4) is 5.75 Å². The molecule has 0 amide bonds. The number of nitrogens with zero attached hydrogens (tertiary/aromatic N) is 1. The summed E-state index contributed by atoms with van der Waals surface area (Å²) >= 11 is 0. The van der Waals surface area contributed by atoms with E-state index in [1.165, 1.54) is 25.3 Å². The van der Waals surface area contributed by atoms with Gasteiger partial charge in [-0.05, 0) is 94.0 Å². The number of methoxy groups -OCH3 is 1. The van der Waals surface area contributed by atoms with E-state index in [0.717, 1.165) is 51.7 Å². The van der Waals surface area contributed by atoms with Crippen LogP contribution in [0.4, 0.5) is 4.39 Å². The summed E-state index contributed by atoms with van der Waals surface area (Å²) in [5.74, 6) is -0.958. The van der Waals surface area contributed by atoms with Crippen LogP contribution < -0.4 is 10.2 Å². The second-order valence-electron chi connectivity index (χ2n) is 15.2. The monoisotopic (exact) mass is 627 g/mol. The number of ketones is 1. The van der Waals surface area contributed by atoms with Crippen molar-refractivity contribution in [3.05, 3.63) is 23.5 Å². The summed E-state index contributed by atoms with van der Waals surface area (Å²) in [5, 5.41) is 10.0. The average Bonchev–Trinajstić information content (AvgIpc) is 3.62. The van der Waals surface area contributed by atoms with Crippen molar-refractivity contribution < 1.29 is 37.9 Å². The Morgan fingerprint density at radius 3 is 2.62 bits per heavy atom. The van der Waals surface area contributed by atoms with E-state index >= 15 is 4.39 Å². The van der Waals surface area contributed by atoms with Crippen LogP contribution in [0.3, 0.4) is 0 Å². The van der Waals surface area contributed by atoms with Gasteiger partial charge >= 0.3 is 13.1 Å². The van der Waals surface area contributed by atoms with Crippen molar-refractivity contribution in [2.24, 2.45) is 34.0 Å². The first-order valence-corrected chi connectivity index (χ1v) is 17.2. The van der Waals surface area contributed by atoms with Crippen molar-refractivity contribution in [2.75, 3.05) is 33.4 Å². The van der Waals surface area contributed by atoms with E-state index in [1.807, 2.05) is 0 Å². The highest BCUT2D eigenvalue weighted by Gasteiger charge is 2.68. The lowest BCUT2D eigenvalue weighted by Crippen LogP contribution is -2.63. The standard InChI is InChI=1S/C35H51BFNO7/c1-22-11-13-35-14-12-26(42-5)31(35)34(22,4)27(19-33(3,32(40)23(35)2)15-18-38-16-7-6-8-17-38)45-28(39)21-43-25-10-9-24-20-44-36(41)29(24)30(25)37/h9-10,22-23,26-27,31,41H,6-8,11-21H2,1-5H3/t22-,23-,26+,27+,31+,33+,34-,35-/m0/s1. The van der Waals surface area contributed by atoms with Gasteiger partial charge in [0.2, 0.25) is 0 Å². The topological polar surface area (TPSA) is 94.5 Å². The van der Waals surface area contributed by atoms with Crippen molar-refractivity contribution in [1.82, 2.24) is 4.90 Å². The summed E-state index contributed by atoms with van der Waals surface area (Å²) < 4.78 is 38.6. The molecule has 4 fully saturated rings. The molecule has 1 aromatic rings. The molecule has 0 aromatic heterocycles. The Morgan fingerprint density at radius 2 is 1.89 bits per heavy atom. The predicted molar refractivity (Wildman–Crippen MR) is 168 cm³/mol. The van der Waals surface area contributed by atoms with Crippen LogP contribution in [-0.4, -0.2) is 74.4 Å². The lowest BCUT2D eigenvalue weighted by molar-refractivity contribution is -0.208. The molecule has 1 saturated heterocycles. The van der Waals surface area contributed by atoms with E-state index in [4.69, 9.17) is 18.9 Å².